The number of likely N-dealkylation sites (N-methyl/N-ethyl adjacent to an activating group) is 1. The van der Waals surface area contributed by atoms with Crippen molar-refractivity contribution in [2.24, 2.45) is 0 Å². The molecule has 0 aromatic carbocycles. The molecule has 0 aliphatic carbocycles. The van der Waals surface area contributed by atoms with Crippen molar-refractivity contribution in [1.82, 2.24) is 20.1 Å². The number of rotatable bonds is 5. The molecule has 0 radical (unpaired) electrons. The van der Waals surface area contributed by atoms with E-state index in [1.54, 1.807) is 18.3 Å². The van der Waals surface area contributed by atoms with Gasteiger partial charge in [-0.1, -0.05) is 0 Å². The average Bonchev–Trinajstić information content (AvgIpc) is 2.45. The monoisotopic (exact) mass is 340 g/mol. The first kappa shape index (κ1) is 15.4. The zero-order valence-corrected chi connectivity index (χ0v) is 13.4. The van der Waals surface area contributed by atoms with Crippen LogP contribution in [0.15, 0.2) is 22.9 Å². The Balaban J connectivity index is 1.64. The number of piperazine rings is 1. The molecule has 1 N–H and O–H groups in total. The smallest absolute Gasteiger partial charge is 0.251 e. The first-order chi connectivity index (χ1) is 9.65. The number of amides is 1. The van der Waals surface area contributed by atoms with Crippen molar-refractivity contribution in [1.29, 1.82) is 0 Å². The highest BCUT2D eigenvalue weighted by Gasteiger charge is 2.13. The average molecular weight is 341 g/mol. The normalized spacial score (nSPS) is 17.1. The van der Waals surface area contributed by atoms with Gasteiger partial charge < -0.3 is 15.1 Å². The molecule has 1 saturated heterocycles. The number of nitrogens with zero attached hydrogens (tertiary/aromatic N) is 3. The SMILES string of the molecule is CN1CCN(CCCNC(=O)c2ccnc(Br)c2)CC1. The maximum absolute atomic E-state index is 11.9. The van der Waals surface area contributed by atoms with E-state index < -0.39 is 0 Å². The molecular weight excluding hydrogens is 320 g/mol. The number of carbonyl (C=O) groups is 1. The molecule has 1 aromatic rings. The van der Waals surface area contributed by atoms with Crippen LogP contribution in [0.2, 0.25) is 0 Å². The molecule has 6 heteroatoms. The van der Waals surface area contributed by atoms with Crippen molar-refractivity contribution in [2.45, 2.75) is 6.42 Å². The number of hydrogen-bond acceptors (Lipinski definition) is 4. The van der Waals surface area contributed by atoms with Crippen LogP contribution in [0.5, 0.6) is 0 Å². The van der Waals surface area contributed by atoms with E-state index in [4.69, 9.17) is 0 Å². The number of carbonyl (C=O) groups excluding carboxylic acids is 1. The van der Waals surface area contributed by atoms with E-state index in [-0.39, 0.29) is 5.91 Å². The third-order valence-corrected chi connectivity index (χ3v) is 3.95. The van der Waals surface area contributed by atoms with Crippen molar-refractivity contribution >= 4 is 21.8 Å². The zero-order chi connectivity index (χ0) is 14.4. The highest BCUT2D eigenvalue weighted by atomic mass is 79.9. The van der Waals surface area contributed by atoms with Gasteiger partial charge in [0.05, 0.1) is 0 Å². The van der Waals surface area contributed by atoms with Crippen LogP contribution in [-0.2, 0) is 0 Å². The predicted molar refractivity (Wildman–Crippen MR) is 82.8 cm³/mol. The third kappa shape index (κ3) is 4.85. The second-order valence-electron chi connectivity index (χ2n) is 5.12. The number of aromatic nitrogens is 1. The number of nitrogens with one attached hydrogen (secondary N) is 1. The summed E-state index contributed by atoms with van der Waals surface area (Å²) in [6, 6.07) is 3.45. The molecule has 1 aliphatic heterocycles. The molecule has 1 aliphatic rings. The second-order valence-corrected chi connectivity index (χ2v) is 5.93. The molecule has 1 amide bonds. The molecule has 0 atom stereocenters. The van der Waals surface area contributed by atoms with Crippen LogP contribution in [0.3, 0.4) is 0 Å². The number of halogens is 1. The van der Waals surface area contributed by atoms with Crippen LogP contribution in [0.1, 0.15) is 16.8 Å². The summed E-state index contributed by atoms with van der Waals surface area (Å²) in [5.41, 5.74) is 0.645. The lowest BCUT2D eigenvalue weighted by Gasteiger charge is -2.32. The minimum atomic E-state index is -0.0357. The summed E-state index contributed by atoms with van der Waals surface area (Å²) < 4.78 is 0.683. The van der Waals surface area contributed by atoms with Gasteiger partial charge in [-0.2, -0.15) is 0 Å². The van der Waals surface area contributed by atoms with E-state index in [9.17, 15) is 4.79 Å². The van der Waals surface area contributed by atoms with Gasteiger partial charge in [-0.3, -0.25) is 4.79 Å². The third-order valence-electron chi connectivity index (χ3n) is 3.52. The van der Waals surface area contributed by atoms with Gasteiger partial charge in [-0.25, -0.2) is 4.98 Å². The van der Waals surface area contributed by atoms with Gasteiger partial charge in [-0.05, 0) is 48.1 Å². The molecule has 0 spiro atoms. The summed E-state index contributed by atoms with van der Waals surface area (Å²) in [4.78, 5) is 20.7. The Morgan fingerprint density at radius 1 is 1.40 bits per heavy atom. The summed E-state index contributed by atoms with van der Waals surface area (Å²) >= 11 is 3.27. The van der Waals surface area contributed by atoms with Crippen LogP contribution >= 0.6 is 15.9 Å². The van der Waals surface area contributed by atoms with E-state index in [1.165, 1.54) is 0 Å². The fourth-order valence-corrected chi connectivity index (χ4v) is 2.59. The van der Waals surface area contributed by atoms with E-state index in [1.807, 2.05) is 0 Å². The molecule has 2 rings (SSSR count). The Bertz CT molecular complexity index is 447. The van der Waals surface area contributed by atoms with E-state index in [0.717, 1.165) is 39.1 Å². The Labute approximate surface area is 128 Å². The first-order valence-corrected chi connectivity index (χ1v) is 7.75. The Hall–Kier alpha value is -0.980. The minimum absolute atomic E-state index is 0.0357. The lowest BCUT2D eigenvalue weighted by atomic mass is 10.2. The van der Waals surface area contributed by atoms with Crippen LogP contribution in [0, 0.1) is 0 Å². The Morgan fingerprint density at radius 3 is 2.85 bits per heavy atom. The molecule has 0 bridgehead atoms. The molecule has 2 heterocycles. The van der Waals surface area contributed by atoms with Gasteiger partial charge in [-0.15, -0.1) is 0 Å². The van der Waals surface area contributed by atoms with Crippen LogP contribution in [0.4, 0.5) is 0 Å². The molecular formula is C14H21BrN4O. The van der Waals surface area contributed by atoms with E-state index in [0.29, 0.717) is 16.7 Å². The van der Waals surface area contributed by atoms with Crippen molar-refractivity contribution < 1.29 is 4.79 Å². The molecule has 0 saturated carbocycles. The summed E-state index contributed by atoms with van der Waals surface area (Å²) in [7, 11) is 2.16. The fourth-order valence-electron chi connectivity index (χ4n) is 2.22. The molecule has 5 nitrogen and oxygen atoms in total. The molecule has 110 valence electrons. The quantitative estimate of drug-likeness (QED) is 0.646. The van der Waals surface area contributed by atoms with E-state index >= 15 is 0 Å². The predicted octanol–water partition coefficient (Wildman–Crippen LogP) is 1.21. The highest BCUT2D eigenvalue weighted by molar-refractivity contribution is 9.10. The van der Waals surface area contributed by atoms with Gasteiger partial charge in [0.2, 0.25) is 0 Å². The summed E-state index contributed by atoms with van der Waals surface area (Å²) in [6.45, 7) is 6.29. The summed E-state index contributed by atoms with van der Waals surface area (Å²) in [6.07, 6.45) is 2.62. The van der Waals surface area contributed by atoms with Crippen molar-refractivity contribution in [3.8, 4) is 0 Å². The summed E-state index contributed by atoms with van der Waals surface area (Å²) in [5, 5.41) is 2.95. The fraction of sp³-hybridized carbons (Fsp3) is 0.571. The maximum atomic E-state index is 11.9. The van der Waals surface area contributed by atoms with Crippen molar-refractivity contribution in [3.05, 3.63) is 28.5 Å². The Morgan fingerprint density at radius 2 is 2.15 bits per heavy atom. The topological polar surface area (TPSA) is 48.5 Å². The molecule has 20 heavy (non-hydrogen) atoms. The molecule has 0 unspecified atom stereocenters. The van der Waals surface area contributed by atoms with Gasteiger partial charge in [0.25, 0.3) is 5.91 Å². The lowest BCUT2D eigenvalue weighted by Crippen LogP contribution is -2.45. The second kappa shape index (κ2) is 7.71. The minimum Gasteiger partial charge on any atom is -0.352 e. The van der Waals surface area contributed by atoms with Crippen LogP contribution in [-0.4, -0.2) is 67.0 Å². The van der Waals surface area contributed by atoms with Crippen LogP contribution in [0.25, 0.3) is 0 Å². The van der Waals surface area contributed by atoms with Crippen LogP contribution < -0.4 is 5.32 Å². The number of hydrogen-bond donors (Lipinski definition) is 1. The maximum Gasteiger partial charge on any atom is 0.251 e. The highest BCUT2D eigenvalue weighted by Crippen LogP contribution is 2.07. The van der Waals surface area contributed by atoms with Crippen molar-refractivity contribution in [2.75, 3.05) is 46.3 Å². The Kier molecular flexibility index (Phi) is 5.94. The van der Waals surface area contributed by atoms with E-state index in [2.05, 4.69) is 43.1 Å². The zero-order valence-electron chi connectivity index (χ0n) is 11.8. The largest absolute Gasteiger partial charge is 0.352 e. The van der Waals surface area contributed by atoms with Gasteiger partial charge >= 0.3 is 0 Å². The lowest BCUT2D eigenvalue weighted by molar-refractivity contribution is 0.0949. The van der Waals surface area contributed by atoms with Gasteiger partial charge in [0.1, 0.15) is 4.60 Å². The first-order valence-electron chi connectivity index (χ1n) is 6.96. The number of pyridine rings is 1. The standard InChI is InChI=1S/C14H21BrN4O/c1-18-7-9-19(10-8-18)6-2-4-17-14(20)12-3-5-16-13(15)11-12/h3,5,11H,2,4,6-10H2,1H3,(H,17,20). The summed E-state index contributed by atoms with van der Waals surface area (Å²) in [5.74, 6) is -0.0357. The molecule has 1 fully saturated rings. The van der Waals surface area contributed by atoms with Gasteiger partial charge in [0.15, 0.2) is 0 Å². The van der Waals surface area contributed by atoms with Crippen molar-refractivity contribution in [3.63, 3.8) is 0 Å². The van der Waals surface area contributed by atoms with Gasteiger partial charge in [0, 0.05) is 44.5 Å². The molecule has 1 aromatic heterocycles.